The van der Waals surface area contributed by atoms with Crippen molar-refractivity contribution < 1.29 is 33.9 Å². The van der Waals surface area contributed by atoms with Crippen molar-refractivity contribution in [3.63, 3.8) is 0 Å². The number of hydrogen-bond donors (Lipinski definition) is 6. The third-order valence-corrected chi connectivity index (χ3v) is 4.62. The topological polar surface area (TPSA) is 228 Å². The molecule has 0 aromatic heterocycles. The number of amides is 5. The number of nitrogens with zero attached hydrogens (tertiary/aromatic N) is 1. The van der Waals surface area contributed by atoms with Crippen molar-refractivity contribution >= 4 is 35.5 Å². The van der Waals surface area contributed by atoms with E-state index in [0.29, 0.717) is 6.42 Å². The zero-order chi connectivity index (χ0) is 23.0. The monoisotopic (exact) mass is 428 g/mol. The number of likely N-dealkylation sites (tertiary alicyclic amines) is 1. The van der Waals surface area contributed by atoms with Crippen molar-refractivity contribution in [2.45, 2.75) is 63.2 Å². The summed E-state index contributed by atoms with van der Waals surface area (Å²) in [7, 11) is 0. The molecule has 1 fully saturated rings. The third kappa shape index (κ3) is 7.31. The molecular formula is C17H28N6O7. The van der Waals surface area contributed by atoms with E-state index in [0.717, 1.165) is 4.90 Å². The lowest BCUT2D eigenvalue weighted by Gasteiger charge is -2.28. The number of nitrogens with two attached hydrogens (primary N) is 3. The van der Waals surface area contributed by atoms with Crippen LogP contribution in [0.2, 0.25) is 0 Å². The highest BCUT2D eigenvalue weighted by atomic mass is 16.4. The number of primary amides is 2. The van der Waals surface area contributed by atoms with Crippen LogP contribution in [-0.4, -0.2) is 76.2 Å². The Morgan fingerprint density at radius 2 is 1.70 bits per heavy atom. The first-order chi connectivity index (χ1) is 13.9. The van der Waals surface area contributed by atoms with Gasteiger partial charge >= 0.3 is 5.97 Å². The summed E-state index contributed by atoms with van der Waals surface area (Å²) in [5.74, 6) is -4.85. The number of aliphatic carboxylic acids is 1. The van der Waals surface area contributed by atoms with E-state index >= 15 is 0 Å². The second kappa shape index (κ2) is 11.1. The molecule has 5 amide bonds. The molecule has 0 aliphatic carbocycles. The van der Waals surface area contributed by atoms with Gasteiger partial charge in [-0.15, -0.1) is 0 Å². The highest BCUT2D eigenvalue weighted by Gasteiger charge is 2.38. The van der Waals surface area contributed by atoms with E-state index in [9.17, 15) is 33.9 Å². The first-order valence-electron chi connectivity index (χ1n) is 9.40. The molecule has 13 heteroatoms. The summed E-state index contributed by atoms with van der Waals surface area (Å²) in [4.78, 5) is 71.7. The Hall–Kier alpha value is -3.22. The smallest absolute Gasteiger partial charge is 0.326 e. The molecule has 1 saturated heterocycles. The summed E-state index contributed by atoms with van der Waals surface area (Å²) < 4.78 is 0. The van der Waals surface area contributed by atoms with Gasteiger partial charge in [0.05, 0.1) is 12.5 Å². The molecule has 0 spiro atoms. The Morgan fingerprint density at radius 1 is 1.07 bits per heavy atom. The van der Waals surface area contributed by atoms with Crippen LogP contribution in [0.5, 0.6) is 0 Å². The summed E-state index contributed by atoms with van der Waals surface area (Å²) in [5, 5.41) is 14.0. The van der Waals surface area contributed by atoms with Crippen LogP contribution in [0.15, 0.2) is 0 Å². The molecule has 4 unspecified atom stereocenters. The van der Waals surface area contributed by atoms with Gasteiger partial charge in [0.1, 0.15) is 18.1 Å². The van der Waals surface area contributed by atoms with E-state index in [2.05, 4.69) is 10.6 Å². The molecule has 0 saturated carbocycles. The van der Waals surface area contributed by atoms with Gasteiger partial charge in [-0.25, -0.2) is 4.79 Å². The predicted octanol–water partition coefficient (Wildman–Crippen LogP) is -3.48. The van der Waals surface area contributed by atoms with Crippen molar-refractivity contribution in [3.05, 3.63) is 0 Å². The Bertz CT molecular complexity index is 713. The minimum absolute atomic E-state index is 0.134. The quantitative estimate of drug-likeness (QED) is 0.193. The maximum Gasteiger partial charge on any atom is 0.326 e. The number of carbonyl (C=O) groups excluding carboxylic acids is 5. The standard InChI is InChI=1S/C17H28N6O7/c1-8(21-15(27)9(18)7-13(20)25)14(26)22-10(4-5-12(19)24)16(28)23-6-2-3-11(23)17(29)30/h8-11H,2-7,18H2,1H3,(H2,19,24)(H2,20,25)(H,21,27)(H,22,26)(H,29,30). The van der Waals surface area contributed by atoms with E-state index in [1.54, 1.807) is 0 Å². The van der Waals surface area contributed by atoms with E-state index in [1.807, 2.05) is 0 Å². The Balaban J connectivity index is 2.83. The molecule has 30 heavy (non-hydrogen) atoms. The number of carbonyl (C=O) groups is 6. The second-order valence-electron chi connectivity index (χ2n) is 7.10. The van der Waals surface area contributed by atoms with Crippen molar-refractivity contribution in [2.75, 3.05) is 6.54 Å². The van der Waals surface area contributed by atoms with Crippen LogP contribution in [-0.2, 0) is 28.8 Å². The summed E-state index contributed by atoms with van der Waals surface area (Å²) >= 11 is 0. The highest BCUT2D eigenvalue weighted by Crippen LogP contribution is 2.19. The molecule has 1 rings (SSSR count). The van der Waals surface area contributed by atoms with Gasteiger partial charge in [-0.3, -0.25) is 24.0 Å². The number of rotatable bonds is 11. The number of carboxylic acids is 1. The first-order valence-corrected chi connectivity index (χ1v) is 9.40. The van der Waals surface area contributed by atoms with Gasteiger partial charge in [-0.1, -0.05) is 0 Å². The van der Waals surface area contributed by atoms with E-state index in [1.165, 1.54) is 6.92 Å². The highest BCUT2D eigenvalue weighted by molar-refractivity contribution is 5.95. The van der Waals surface area contributed by atoms with Crippen LogP contribution in [0.1, 0.15) is 39.0 Å². The lowest BCUT2D eigenvalue weighted by Crippen LogP contribution is -2.56. The molecule has 1 aliphatic rings. The van der Waals surface area contributed by atoms with E-state index in [4.69, 9.17) is 17.2 Å². The maximum atomic E-state index is 12.8. The van der Waals surface area contributed by atoms with Crippen LogP contribution >= 0.6 is 0 Å². The molecule has 0 radical (unpaired) electrons. The molecule has 168 valence electrons. The molecule has 4 atom stereocenters. The van der Waals surface area contributed by atoms with Gasteiger partial charge in [0.2, 0.25) is 29.5 Å². The average molecular weight is 428 g/mol. The number of hydrogen-bond acceptors (Lipinski definition) is 7. The lowest BCUT2D eigenvalue weighted by molar-refractivity contribution is -0.149. The molecule has 13 nitrogen and oxygen atoms in total. The zero-order valence-corrected chi connectivity index (χ0v) is 16.6. The molecule has 0 aromatic carbocycles. The van der Waals surface area contributed by atoms with Gasteiger partial charge in [0.15, 0.2) is 0 Å². The third-order valence-electron chi connectivity index (χ3n) is 4.62. The van der Waals surface area contributed by atoms with E-state index in [-0.39, 0.29) is 25.8 Å². The van der Waals surface area contributed by atoms with E-state index < -0.39 is 66.1 Å². The molecular weight excluding hydrogens is 400 g/mol. The molecule has 0 bridgehead atoms. The fraction of sp³-hybridized carbons (Fsp3) is 0.647. The summed E-state index contributed by atoms with van der Waals surface area (Å²) in [6.07, 6.45) is 0.00764. The van der Waals surface area contributed by atoms with Crippen molar-refractivity contribution in [2.24, 2.45) is 17.2 Å². The molecule has 1 heterocycles. The Labute approximate surface area is 172 Å². The first kappa shape index (κ1) is 24.8. The summed E-state index contributed by atoms with van der Waals surface area (Å²) in [6.45, 7) is 1.53. The van der Waals surface area contributed by atoms with Gasteiger partial charge in [-0.2, -0.15) is 0 Å². The van der Waals surface area contributed by atoms with Crippen LogP contribution < -0.4 is 27.8 Å². The van der Waals surface area contributed by atoms with Gasteiger partial charge in [0.25, 0.3) is 0 Å². The van der Waals surface area contributed by atoms with Crippen molar-refractivity contribution in [1.82, 2.24) is 15.5 Å². The van der Waals surface area contributed by atoms with Crippen LogP contribution in [0.3, 0.4) is 0 Å². The van der Waals surface area contributed by atoms with Crippen molar-refractivity contribution in [3.8, 4) is 0 Å². The molecule has 0 aromatic rings. The molecule has 9 N–H and O–H groups in total. The fourth-order valence-electron chi connectivity index (χ4n) is 3.02. The van der Waals surface area contributed by atoms with Gasteiger partial charge in [-0.05, 0) is 26.2 Å². The summed E-state index contributed by atoms with van der Waals surface area (Å²) in [5.41, 5.74) is 15.6. The minimum atomic E-state index is -1.24. The zero-order valence-electron chi connectivity index (χ0n) is 16.6. The van der Waals surface area contributed by atoms with Gasteiger partial charge < -0.3 is 37.8 Å². The van der Waals surface area contributed by atoms with Gasteiger partial charge in [0, 0.05) is 13.0 Å². The second-order valence-corrected chi connectivity index (χ2v) is 7.10. The largest absolute Gasteiger partial charge is 0.480 e. The van der Waals surface area contributed by atoms with Crippen molar-refractivity contribution in [1.29, 1.82) is 0 Å². The number of carboxylic acid groups (broad SMARTS) is 1. The maximum absolute atomic E-state index is 12.8. The summed E-state index contributed by atoms with van der Waals surface area (Å²) in [6, 6.07) is -4.60. The Kier molecular flexibility index (Phi) is 9.17. The predicted molar refractivity (Wildman–Crippen MR) is 102 cm³/mol. The minimum Gasteiger partial charge on any atom is -0.480 e. The lowest BCUT2D eigenvalue weighted by atomic mass is 10.1. The normalized spacial score (nSPS) is 18.7. The van der Waals surface area contributed by atoms with Crippen LogP contribution in [0.25, 0.3) is 0 Å². The van der Waals surface area contributed by atoms with Crippen LogP contribution in [0.4, 0.5) is 0 Å². The molecule has 1 aliphatic heterocycles. The Morgan fingerprint density at radius 3 is 2.23 bits per heavy atom. The fourth-order valence-corrected chi connectivity index (χ4v) is 3.02. The average Bonchev–Trinajstić information content (AvgIpc) is 3.13. The van der Waals surface area contributed by atoms with Crippen LogP contribution in [0, 0.1) is 0 Å². The SMILES string of the molecule is CC(NC(=O)C(N)CC(N)=O)C(=O)NC(CCC(N)=O)C(=O)N1CCCC1C(=O)O. The number of nitrogens with one attached hydrogen (secondary N) is 2.